The van der Waals surface area contributed by atoms with Crippen molar-refractivity contribution in [3.63, 3.8) is 0 Å². The van der Waals surface area contributed by atoms with Gasteiger partial charge in [0.2, 0.25) is 5.91 Å². The summed E-state index contributed by atoms with van der Waals surface area (Å²) in [5, 5.41) is 0. The standard InChI is InChI=1S/C18H18F3NO3/c1-4-11-13(18(19,20)21)7-6-12(17(22)23)16(11)10-5-8-14(24-2)15(9-10)25-3/h5-9H,4H2,1-3H3,(H2,22,23). The lowest BCUT2D eigenvalue weighted by atomic mass is 9.88. The van der Waals surface area contributed by atoms with E-state index in [1.807, 2.05) is 0 Å². The van der Waals surface area contributed by atoms with Gasteiger partial charge in [0, 0.05) is 5.56 Å². The highest BCUT2D eigenvalue weighted by Crippen LogP contribution is 2.41. The van der Waals surface area contributed by atoms with Crippen molar-refractivity contribution < 1.29 is 27.4 Å². The van der Waals surface area contributed by atoms with Crippen LogP contribution in [-0.4, -0.2) is 20.1 Å². The van der Waals surface area contributed by atoms with Crippen LogP contribution in [0.5, 0.6) is 11.5 Å². The van der Waals surface area contributed by atoms with Crippen molar-refractivity contribution in [2.24, 2.45) is 5.73 Å². The number of amides is 1. The molecule has 1 amide bonds. The van der Waals surface area contributed by atoms with E-state index in [0.29, 0.717) is 17.1 Å². The van der Waals surface area contributed by atoms with Crippen LogP contribution >= 0.6 is 0 Å². The van der Waals surface area contributed by atoms with Crippen LogP contribution in [-0.2, 0) is 12.6 Å². The third kappa shape index (κ3) is 3.55. The molecule has 2 aromatic carbocycles. The number of hydrogen-bond acceptors (Lipinski definition) is 3. The summed E-state index contributed by atoms with van der Waals surface area (Å²) in [6.07, 6.45) is -4.45. The Balaban J connectivity index is 2.84. The van der Waals surface area contributed by atoms with E-state index in [4.69, 9.17) is 15.2 Å². The molecule has 0 radical (unpaired) electrons. The van der Waals surface area contributed by atoms with Gasteiger partial charge in [-0.05, 0) is 47.4 Å². The number of primary amides is 1. The maximum absolute atomic E-state index is 13.4. The highest BCUT2D eigenvalue weighted by Gasteiger charge is 2.35. The zero-order valence-electron chi connectivity index (χ0n) is 14.0. The van der Waals surface area contributed by atoms with Crippen molar-refractivity contribution >= 4 is 5.91 Å². The molecule has 0 aromatic heterocycles. The molecule has 2 N–H and O–H groups in total. The number of hydrogen-bond donors (Lipinski definition) is 1. The number of halogens is 3. The van der Waals surface area contributed by atoms with Gasteiger partial charge in [-0.1, -0.05) is 13.0 Å². The lowest BCUT2D eigenvalue weighted by Gasteiger charge is -2.19. The van der Waals surface area contributed by atoms with E-state index in [1.54, 1.807) is 19.1 Å². The Morgan fingerprint density at radius 3 is 2.20 bits per heavy atom. The quantitative estimate of drug-likeness (QED) is 0.882. The second-order valence-corrected chi connectivity index (χ2v) is 5.30. The molecule has 0 unspecified atom stereocenters. The van der Waals surface area contributed by atoms with Crippen LogP contribution in [0.1, 0.15) is 28.4 Å². The summed E-state index contributed by atoms with van der Waals surface area (Å²) in [5.41, 5.74) is 5.19. The van der Waals surface area contributed by atoms with E-state index in [2.05, 4.69) is 0 Å². The second-order valence-electron chi connectivity index (χ2n) is 5.30. The number of carbonyl (C=O) groups excluding carboxylic acids is 1. The minimum absolute atomic E-state index is 0.0102. The van der Waals surface area contributed by atoms with Crippen LogP contribution in [0.2, 0.25) is 0 Å². The summed E-state index contributed by atoms with van der Waals surface area (Å²) >= 11 is 0. The Morgan fingerprint density at radius 2 is 1.72 bits per heavy atom. The summed E-state index contributed by atoms with van der Waals surface area (Å²) in [6, 6.07) is 6.67. The van der Waals surface area contributed by atoms with Gasteiger partial charge in [0.15, 0.2) is 11.5 Å². The highest BCUT2D eigenvalue weighted by molar-refractivity contribution is 6.01. The summed E-state index contributed by atoms with van der Waals surface area (Å²) < 4.78 is 50.5. The van der Waals surface area contributed by atoms with E-state index in [-0.39, 0.29) is 23.1 Å². The van der Waals surface area contributed by atoms with Crippen molar-refractivity contribution in [1.29, 1.82) is 0 Å². The number of alkyl halides is 3. The fraction of sp³-hybridized carbons (Fsp3) is 0.278. The minimum Gasteiger partial charge on any atom is -0.493 e. The van der Waals surface area contributed by atoms with Crippen LogP contribution in [0.3, 0.4) is 0 Å². The average Bonchev–Trinajstić information content (AvgIpc) is 2.58. The van der Waals surface area contributed by atoms with Crippen molar-refractivity contribution in [3.05, 3.63) is 47.0 Å². The highest BCUT2D eigenvalue weighted by atomic mass is 19.4. The average molecular weight is 353 g/mol. The Bertz CT molecular complexity index is 801. The summed E-state index contributed by atoms with van der Waals surface area (Å²) in [7, 11) is 2.87. The molecule has 25 heavy (non-hydrogen) atoms. The van der Waals surface area contributed by atoms with Crippen LogP contribution in [0, 0.1) is 0 Å². The SMILES string of the molecule is CCc1c(C(F)(F)F)ccc(C(N)=O)c1-c1ccc(OC)c(OC)c1. The van der Waals surface area contributed by atoms with E-state index >= 15 is 0 Å². The Morgan fingerprint density at radius 1 is 1.08 bits per heavy atom. The zero-order chi connectivity index (χ0) is 18.8. The van der Waals surface area contributed by atoms with Gasteiger partial charge in [-0.25, -0.2) is 0 Å². The molecule has 0 aliphatic carbocycles. The second kappa shape index (κ2) is 7.04. The fourth-order valence-electron chi connectivity index (χ4n) is 2.81. The third-order valence-electron chi connectivity index (χ3n) is 3.91. The first-order valence-electron chi connectivity index (χ1n) is 7.49. The fourth-order valence-corrected chi connectivity index (χ4v) is 2.81. The van der Waals surface area contributed by atoms with Gasteiger partial charge in [-0.3, -0.25) is 4.79 Å². The molecule has 4 nitrogen and oxygen atoms in total. The molecule has 0 aliphatic heterocycles. The molecule has 0 bridgehead atoms. The summed E-state index contributed by atoms with van der Waals surface area (Å²) in [6.45, 7) is 1.60. The largest absolute Gasteiger partial charge is 0.493 e. The number of methoxy groups -OCH3 is 2. The summed E-state index contributed by atoms with van der Waals surface area (Å²) in [4.78, 5) is 11.8. The van der Waals surface area contributed by atoms with E-state index in [9.17, 15) is 18.0 Å². The molecule has 2 rings (SSSR count). The number of carbonyl (C=O) groups is 1. The number of nitrogens with two attached hydrogens (primary N) is 1. The maximum Gasteiger partial charge on any atom is 0.416 e. The Hall–Kier alpha value is -2.70. The van der Waals surface area contributed by atoms with Crippen molar-refractivity contribution in [1.82, 2.24) is 0 Å². The topological polar surface area (TPSA) is 61.6 Å². The minimum atomic E-state index is -4.53. The molecule has 134 valence electrons. The summed E-state index contributed by atoms with van der Waals surface area (Å²) in [5.74, 6) is -0.0278. The molecule has 2 aromatic rings. The van der Waals surface area contributed by atoms with Crippen molar-refractivity contribution in [2.45, 2.75) is 19.5 Å². The van der Waals surface area contributed by atoms with Gasteiger partial charge in [0.1, 0.15) is 0 Å². The molecular formula is C18H18F3NO3. The molecule has 7 heteroatoms. The van der Waals surface area contributed by atoms with Gasteiger partial charge in [0.25, 0.3) is 0 Å². The first-order valence-corrected chi connectivity index (χ1v) is 7.49. The number of rotatable bonds is 5. The van der Waals surface area contributed by atoms with Crippen LogP contribution in [0.15, 0.2) is 30.3 Å². The predicted octanol–water partition coefficient (Wildman–Crippen LogP) is 4.05. The van der Waals surface area contributed by atoms with Crippen LogP contribution < -0.4 is 15.2 Å². The Kier molecular flexibility index (Phi) is 5.25. The van der Waals surface area contributed by atoms with Crippen molar-refractivity contribution in [2.75, 3.05) is 14.2 Å². The molecule has 0 fully saturated rings. The molecule has 0 saturated carbocycles. The molecular weight excluding hydrogens is 335 g/mol. The third-order valence-corrected chi connectivity index (χ3v) is 3.91. The normalized spacial score (nSPS) is 11.3. The molecule has 0 saturated heterocycles. The number of ether oxygens (including phenoxy) is 2. The Labute approximate surface area is 143 Å². The van der Waals surface area contributed by atoms with Crippen molar-refractivity contribution in [3.8, 4) is 22.6 Å². The predicted molar refractivity (Wildman–Crippen MR) is 87.9 cm³/mol. The van der Waals surface area contributed by atoms with E-state index in [0.717, 1.165) is 12.1 Å². The monoisotopic (exact) mass is 353 g/mol. The number of benzene rings is 2. The van der Waals surface area contributed by atoms with E-state index < -0.39 is 17.6 Å². The van der Waals surface area contributed by atoms with Crippen LogP contribution in [0.25, 0.3) is 11.1 Å². The van der Waals surface area contributed by atoms with Gasteiger partial charge < -0.3 is 15.2 Å². The molecule has 0 aliphatic rings. The lowest BCUT2D eigenvalue weighted by molar-refractivity contribution is -0.138. The smallest absolute Gasteiger partial charge is 0.416 e. The lowest BCUT2D eigenvalue weighted by Crippen LogP contribution is -2.17. The first kappa shape index (κ1) is 18.6. The first-order chi connectivity index (χ1) is 11.7. The maximum atomic E-state index is 13.4. The molecule has 0 heterocycles. The van der Waals surface area contributed by atoms with E-state index in [1.165, 1.54) is 20.3 Å². The molecule has 0 spiro atoms. The van der Waals surface area contributed by atoms with Gasteiger partial charge in [0.05, 0.1) is 19.8 Å². The van der Waals surface area contributed by atoms with Gasteiger partial charge in [-0.2, -0.15) is 13.2 Å². The zero-order valence-corrected chi connectivity index (χ0v) is 14.0. The van der Waals surface area contributed by atoms with Gasteiger partial charge >= 0.3 is 6.18 Å². The molecule has 0 atom stereocenters. The van der Waals surface area contributed by atoms with Crippen LogP contribution in [0.4, 0.5) is 13.2 Å². The van der Waals surface area contributed by atoms with Gasteiger partial charge in [-0.15, -0.1) is 0 Å².